The van der Waals surface area contributed by atoms with Crippen LogP contribution in [0.3, 0.4) is 0 Å². The van der Waals surface area contributed by atoms with Crippen molar-refractivity contribution in [3.05, 3.63) is 0 Å². The fourth-order valence-electron chi connectivity index (χ4n) is 3.69. The summed E-state index contributed by atoms with van der Waals surface area (Å²) in [6, 6.07) is 0. The average molecular weight is 191 g/mol. The van der Waals surface area contributed by atoms with Gasteiger partial charge in [0.05, 0.1) is 0 Å². The Kier molecular flexibility index (Phi) is 2.50. The third-order valence-electron chi connectivity index (χ3n) is 5.28. The molecule has 0 N–H and O–H groups in total. The van der Waals surface area contributed by atoms with Gasteiger partial charge < -0.3 is 0 Å². The van der Waals surface area contributed by atoms with Crippen LogP contribution in [0.4, 0.5) is 0 Å². The summed E-state index contributed by atoms with van der Waals surface area (Å²) in [5, 5.41) is 0.486. The molecule has 2 fully saturated rings. The number of hydrogen-bond acceptors (Lipinski definition) is 1. The Labute approximate surface area is 90.4 Å². The normalized spacial score (nSPS) is 27.1. The molecule has 0 amide bonds. The monoisotopic (exact) mass is 191 g/mol. The highest BCUT2D eigenvalue weighted by Gasteiger charge is 2.54. The molecular formula is C11H23B2N. The Hall–Kier alpha value is 0.0899. The molecule has 0 aromatic carbocycles. The second-order valence-corrected chi connectivity index (χ2v) is 6.10. The first-order chi connectivity index (χ1) is 6.51. The molecule has 0 aromatic heterocycles. The van der Waals surface area contributed by atoms with E-state index < -0.39 is 0 Å². The first kappa shape index (κ1) is 10.6. The van der Waals surface area contributed by atoms with Gasteiger partial charge in [0.15, 0.2) is 0 Å². The van der Waals surface area contributed by atoms with Crippen molar-refractivity contribution in [3.63, 3.8) is 0 Å². The Morgan fingerprint density at radius 2 is 1.64 bits per heavy atom. The van der Waals surface area contributed by atoms with Crippen LogP contribution in [0, 0.1) is 5.92 Å². The molecule has 0 aliphatic carbocycles. The summed E-state index contributed by atoms with van der Waals surface area (Å²) in [5.41, 5.74) is 0.557. The van der Waals surface area contributed by atoms with Gasteiger partial charge in [0.2, 0.25) is 0 Å². The van der Waals surface area contributed by atoms with Crippen molar-refractivity contribution in [2.24, 2.45) is 5.92 Å². The Balaban J connectivity index is 2.30. The lowest BCUT2D eigenvalue weighted by atomic mass is 9.40. The topological polar surface area (TPSA) is 3.24 Å². The van der Waals surface area contributed by atoms with Gasteiger partial charge in [-0.1, -0.05) is 25.0 Å². The van der Waals surface area contributed by atoms with E-state index >= 15 is 0 Å². The number of rotatable bonds is 2. The van der Waals surface area contributed by atoms with E-state index in [1.54, 1.807) is 0 Å². The van der Waals surface area contributed by atoms with E-state index in [1.807, 2.05) is 0 Å². The predicted molar refractivity (Wildman–Crippen MR) is 67.4 cm³/mol. The second kappa shape index (κ2) is 3.30. The lowest BCUT2D eigenvalue weighted by Crippen LogP contribution is -2.52. The van der Waals surface area contributed by atoms with Gasteiger partial charge in [-0.25, -0.2) is 0 Å². The zero-order valence-corrected chi connectivity index (χ0v) is 10.3. The van der Waals surface area contributed by atoms with Gasteiger partial charge in [0.25, 0.3) is 0 Å². The summed E-state index contributed by atoms with van der Waals surface area (Å²) in [5.74, 6) is 0.793. The summed E-state index contributed by atoms with van der Waals surface area (Å²) < 4.78 is 0. The molecule has 0 bridgehead atoms. The number of nitrogens with zero attached hydrogens (tertiary/aromatic N) is 1. The van der Waals surface area contributed by atoms with Gasteiger partial charge in [0, 0.05) is 5.54 Å². The van der Waals surface area contributed by atoms with Crippen LogP contribution in [0.15, 0.2) is 0 Å². The molecule has 2 saturated heterocycles. The third-order valence-corrected chi connectivity index (χ3v) is 5.28. The predicted octanol–water partition coefficient (Wildman–Crippen LogP) is 0.653. The van der Waals surface area contributed by atoms with Crippen molar-refractivity contribution in [3.8, 4) is 0 Å². The molecule has 0 spiro atoms. The van der Waals surface area contributed by atoms with E-state index in [9.17, 15) is 0 Å². The Morgan fingerprint density at radius 1 is 1.14 bits per heavy atom. The molecule has 0 saturated carbocycles. The van der Waals surface area contributed by atoms with Crippen LogP contribution in [0.1, 0.15) is 39.5 Å². The molecule has 2 aliphatic heterocycles. The van der Waals surface area contributed by atoms with E-state index in [1.165, 1.54) is 38.8 Å². The summed E-state index contributed by atoms with van der Waals surface area (Å²) in [6.07, 6.45) is 5.74. The van der Waals surface area contributed by atoms with Gasteiger partial charge >= 0.3 is 0 Å². The standard InChI is InChI=1S/C11H23B2N/c1-9(2)11(12,13)10-5-3-7-14(10)8-4-6-10/h9H,3-8,12-13H2,1-2H3. The fourth-order valence-corrected chi connectivity index (χ4v) is 3.69. The first-order valence-electron chi connectivity index (χ1n) is 6.26. The maximum atomic E-state index is 2.78. The summed E-state index contributed by atoms with van der Waals surface area (Å²) in [6.45, 7) is 7.50. The molecule has 2 rings (SSSR count). The van der Waals surface area contributed by atoms with E-state index in [4.69, 9.17) is 0 Å². The molecule has 1 nitrogen and oxygen atoms in total. The Bertz CT molecular complexity index is 215. The molecule has 14 heavy (non-hydrogen) atoms. The molecule has 0 atom stereocenters. The van der Waals surface area contributed by atoms with Gasteiger partial charge in [0.1, 0.15) is 15.7 Å². The molecule has 3 heteroatoms. The van der Waals surface area contributed by atoms with Crippen molar-refractivity contribution < 1.29 is 0 Å². The lowest BCUT2D eigenvalue weighted by Gasteiger charge is -2.49. The zero-order valence-electron chi connectivity index (χ0n) is 10.3. The van der Waals surface area contributed by atoms with Crippen molar-refractivity contribution in [2.75, 3.05) is 13.1 Å². The minimum Gasteiger partial charge on any atom is -0.299 e. The quantitative estimate of drug-likeness (QED) is 0.579. The average Bonchev–Trinajstić information content (AvgIpc) is 2.59. The zero-order chi connectivity index (χ0) is 10.4. The van der Waals surface area contributed by atoms with Crippen LogP contribution in [0.25, 0.3) is 0 Å². The molecule has 2 heterocycles. The van der Waals surface area contributed by atoms with Gasteiger partial charge in [-0.3, -0.25) is 4.90 Å². The van der Waals surface area contributed by atoms with Crippen molar-refractivity contribution in [1.29, 1.82) is 0 Å². The van der Waals surface area contributed by atoms with E-state index in [0.29, 0.717) is 10.8 Å². The number of hydrogen-bond donors (Lipinski definition) is 0. The number of fused-ring (bicyclic) bond motifs is 1. The van der Waals surface area contributed by atoms with Crippen LogP contribution >= 0.6 is 0 Å². The van der Waals surface area contributed by atoms with Crippen LogP contribution in [0.5, 0.6) is 0 Å². The van der Waals surface area contributed by atoms with Crippen LogP contribution < -0.4 is 0 Å². The maximum absolute atomic E-state index is 2.78. The maximum Gasteiger partial charge on any atom is 0.102 e. The van der Waals surface area contributed by atoms with Gasteiger partial charge in [-0.2, -0.15) is 0 Å². The Morgan fingerprint density at radius 3 is 2.07 bits per heavy atom. The van der Waals surface area contributed by atoms with Crippen LogP contribution in [0.2, 0.25) is 5.21 Å². The molecular weight excluding hydrogens is 168 g/mol. The minimum atomic E-state index is 0.486. The van der Waals surface area contributed by atoms with E-state index in [2.05, 4.69) is 34.4 Å². The molecule has 2 aliphatic rings. The highest BCUT2D eigenvalue weighted by molar-refractivity contribution is 6.41. The molecule has 78 valence electrons. The van der Waals surface area contributed by atoms with Gasteiger partial charge in [-0.15, -0.1) is 0 Å². The highest BCUT2D eigenvalue weighted by atomic mass is 15.2. The third kappa shape index (κ3) is 1.21. The SMILES string of the molecule is BC(B)(C(C)C)C12CCCN1CCC2. The van der Waals surface area contributed by atoms with E-state index in [-0.39, 0.29) is 0 Å². The first-order valence-corrected chi connectivity index (χ1v) is 6.26. The van der Waals surface area contributed by atoms with Crippen molar-refractivity contribution in [1.82, 2.24) is 4.90 Å². The van der Waals surface area contributed by atoms with E-state index in [0.717, 1.165) is 5.92 Å². The molecule has 0 unspecified atom stereocenters. The van der Waals surface area contributed by atoms with Crippen LogP contribution in [-0.2, 0) is 0 Å². The fraction of sp³-hybridized carbons (Fsp3) is 1.00. The summed E-state index contributed by atoms with van der Waals surface area (Å²) in [7, 11) is 4.97. The van der Waals surface area contributed by atoms with Crippen LogP contribution in [-0.4, -0.2) is 39.2 Å². The lowest BCUT2D eigenvalue weighted by molar-refractivity contribution is 0.144. The minimum absolute atomic E-state index is 0.486. The largest absolute Gasteiger partial charge is 0.299 e. The summed E-state index contributed by atoms with van der Waals surface area (Å²) >= 11 is 0. The highest BCUT2D eigenvalue weighted by Crippen LogP contribution is 2.54. The molecule has 0 aromatic rings. The smallest absolute Gasteiger partial charge is 0.102 e. The molecule has 0 radical (unpaired) electrons. The summed E-state index contributed by atoms with van der Waals surface area (Å²) in [4.78, 5) is 2.78. The second-order valence-electron chi connectivity index (χ2n) is 6.10. The van der Waals surface area contributed by atoms with Crippen molar-refractivity contribution in [2.45, 2.75) is 50.3 Å². The van der Waals surface area contributed by atoms with Crippen molar-refractivity contribution >= 4 is 15.7 Å². The van der Waals surface area contributed by atoms with Gasteiger partial charge in [-0.05, 0) is 38.8 Å².